The molecule has 0 nitrogen and oxygen atoms in total. The topological polar surface area (TPSA) is 0 Å². The molecule has 0 amide bonds. The van der Waals surface area contributed by atoms with Gasteiger partial charge in [0.25, 0.3) is 0 Å². The second-order valence-corrected chi connectivity index (χ2v) is 2.71. The van der Waals surface area contributed by atoms with Crippen molar-refractivity contribution in [3.8, 4) is 0 Å². The molecule has 0 aromatic rings. The molecule has 0 radical (unpaired) electrons. The van der Waals surface area contributed by atoms with E-state index in [-0.39, 0.29) is 0 Å². The van der Waals surface area contributed by atoms with E-state index >= 15 is 0 Å². The van der Waals surface area contributed by atoms with Crippen molar-refractivity contribution in [3.63, 3.8) is 0 Å². The van der Waals surface area contributed by atoms with Gasteiger partial charge < -0.3 is 0 Å². The maximum atomic E-state index is 2.20. The third-order valence-electron chi connectivity index (χ3n) is 1.17. The molecule has 35 valence electrons. The molecule has 0 atom stereocenters. The van der Waals surface area contributed by atoms with Gasteiger partial charge in [0.1, 0.15) is 0 Å². The summed E-state index contributed by atoms with van der Waals surface area (Å²) < 4.78 is 1.51. The predicted molar refractivity (Wildman–Crippen MR) is 26.5 cm³/mol. The summed E-state index contributed by atoms with van der Waals surface area (Å²) in [6, 6.07) is 0. The fourth-order valence-corrected chi connectivity index (χ4v) is 0.929. The Morgan fingerprint density at radius 2 is 2.43 bits per heavy atom. The molecule has 7 heavy (non-hydrogen) atoms. The predicted octanol–water partition coefficient (Wildman–Crippen LogP) is 1.77. The number of hydrogen-bond donors (Lipinski definition) is 0. The van der Waals surface area contributed by atoms with Crippen molar-refractivity contribution in [3.05, 3.63) is 21.6 Å². The van der Waals surface area contributed by atoms with E-state index < -0.39 is 0 Å². The Morgan fingerprint density at radius 1 is 1.71 bits per heavy atom. The van der Waals surface area contributed by atoms with Crippen LogP contribution in [0.1, 0.15) is 13.3 Å². The molecule has 0 N–H and O–H groups in total. The van der Waals surface area contributed by atoms with Crippen LogP contribution in [0.2, 0.25) is 0 Å². The molecule has 1 rings (SSSR count). The summed E-state index contributed by atoms with van der Waals surface area (Å²) in [5.41, 5.74) is 1.44. The molecule has 0 aliphatic heterocycles. The molecular weight excluding hydrogens is 120 g/mol. The van der Waals surface area contributed by atoms with Gasteiger partial charge >= 0.3 is 55.4 Å². The quantitative estimate of drug-likeness (QED) is 0.435. The van der Waals surface area contributed by atoms with E-state index in [1.165, 1.54) is 15.9 Å². The summed E-state index contributed by atoms with van der Waals surface area (Å²) in [7, 11) is 0. The van der Waals surface area contributed by atoms with E-state index in [1.54, 1.807) is 0 Å². The van der Waals surface area contributed by atoms with Crippen LogP contribution in [0, 0.1) is 0 Å². The molecule has 0 saturated carbocycles. The molecular formula is C6H7Ti. The standard InChI is InChI=1S/C6H7.Ti/c1-6-4-2-3-5-6;/h2,4H,3H2,1H3;. The van der Waals surface area contributed by atoms with Crippen molar-refractivity contribution >= 4 is 0 Å². The second kappa shape index (κ2) is 1.98. The number of rotatable bonds is 0. The van der Waals surface area contributed by atoms with Crippen molar-refractivity contribution in [2.75, 3.05) is 0 Å². The van der Waals surface area contributed by atoms with Gasteiger partial charge in [-0.15, -0.1) is 0 Å². The monoisotopic (exact) mass is 127 g/mol. The van der Waals surface area contributed by atoms with Crippen LogP contribution in [-0.2, 0) is 20.4 Å². The summed E-state index contributed by atoms with van der Waals surface area (Å²) in [4.78, 5) is 0. The first-order valence-electron chi connectivity index (χ1n) is 2.38. The third-order valence-corrected chi connectivity index (χ3v) is 2.10. The minimum absolute atomic E-state index is 1.17. The first kappa shape index (κ1) is 5.33. The average molecular weight is 127 g/mol. The third kappa shape index (κ3) is 1.05. The van der Waals surface area contributed by atoms with E-state index in [0.717, 1.165) is 0 Å². The molecule has 0 unspecified atom stereocenters. The number of hydrogen-bond acceptors (Lipinski definition) is 0. The molecule has 0 heterocycles. The zero-order valence-corrected chi connectivity index (χ0v) is 5.92. The van der Waals surface area contributed by atoms with Crippen molar-refractivity contribution in [1.29, 1.82) is 0 Å². The average Bonchev–Trinajstić information content (AvgIpc) is 1.91. The van der Waals surface area contributed by atoms with Gasteiger partial charge in [-0.25, -0.2) is 0 Å². The molecule has 0 bridgehead atoms. The molecule has 0 aromatic heterocycles. The SMILES string of the molecule is CC1=[C]([Ti])CC=C1. The Bertz CT molecular complexity index is 131. The van der Waals surface area contributed by atoms with Crippen molar-refractivity contribution < 1.29 is 20.4 Å². The van der Waals surface area contributed by atoms with Gasteiger partial charge in [-0.1, -0.05) is 0 Å². The van der Waals surface area contributed by atoms with E-state index in [0.29, 0.717) is 0 Å². The van der Waals surface area contributed by atoms with Crippen LogP contribution in [-0.4, -0.2) is 0 Å². The molecule has 1 aliphatic carbocycles. The van der Waals surface area contributed by atoms with E-state index in [2.05, 4.69) is 39.5 Å². The van der Waals surface area contributed by atoms with Crippen LogP contribution in [0.25, 0.3) is 0 Å². The zero-order chi connectivity index (χ0) is 5.28. The Balaban J connectivity index is 2.79. The van der Waals surface area contributed by atoms with Crippen LogP contribution in [0.3, 0.4) is 0 Å². The normalized spacial score (nSPS) is 18.9. The van der Waals surface area contributed by atoms with Crippen LogP contribution in [0.15, 0.2) is 21.6 Å². The fourth-order valence-electron chi connectivity index (χ4n) is 0.615. The molecule has 1 aliphatic rings. The maximum absolute atomic E-state index is 2.20. The Morgan fingerprint density at radius 3 is 2.57 bits per heavy atom. The molecule has 0 fully saturated rings. The van der Waals surface area contributed by atoms with E-state index in [1.807, 2.05) is 0 Å². The summed E-state index contributed by atoms with van der Waals surface area (Å²) in [6.07, 6.45) is 5.55. The molecule has 0 spiro atoms. The Kier molecular flexibility index (Phi) is 1.51. The Hall–Kier alpha value is 0.194. The van der Waals surface area contributed by atoms with E-state index in [9.17, 15) is 0 Å². The minimum atomic E-state index is 1.17. The van der Waals surface area contributed by atoms with Gasteiger partial charge in [-0.2, -0.15) is 0 Å². The summed E-state index contributed by atoms with van der Waals surface area (Å²) >= 11 is 2.18. The summed E-state index contributed by atoms with van der Waals surface area (Å²) in [5, 5.41) is 0. The van der Waals surface area contributed by atoms with Gasteiger partial charge in [0.15, 0.2) is 0 Å². The van der Waals surface area contributed by atoms with Gasteiger partial charge in [0.2, 0.25) is 0 Å². The molecule has 1 heteroatoms. The van der Waals surface area contributed by atoms with Crippen molar-refractivity contribution in [2.45, 2.75) is 13.3 Å². The van der Waals surface area contributed by atoms with Crippen LogP contribution >= 0.6 is 0 Å². The summed E-state index contributed by atoms with van der Waals surface area (Å²) in [6.45, 7) is 2.15. The second-order valence-electron chi connectivity index (χ2n) is 1.77. The van der Waals surface area contributed by atoms with Gasteiger partial charge in [0, 0.05) is 0 Å². The van der Waals surface area contributed by atoms with Crippen LogP contribution in [0.4, 0.5) is 0 Å². The zero-order valence-electron chi connectivity index (χ0n) is 4.36. The van der Waals surface area contributed by atoms with Gasteiger partial charge in [-0.05, 0) is 0 Å². The van der Waals surface area contributed by atoms with E-state index in [4.69, 9.17) is 0 Å². The first-order valence-corrected chi connectivity index (χ1v) is 3.16. The summed E-state index contributed by atoms with van der Waals surface area (Å²) in [5.74, 6) is 0. The van der Waals surface area contributed by atoms with Crippen molar-refractivity contribution in [2.24, 2.45) is 0 Å². The van der Waals surface area contributed by atoms with Crippen LogP contribution in [0.5, 0.6) is 0 Å². The van der Waals surface area contributed by atoms with Crippen molar-refractivity contribution in [1.82, 2.24) is 0 Å². The Labute approximate surface area is 55.7 Å². The fraction of sp³-hybridized carbons (Fsp3) is 0.333. The molecule has 0 saturated heterocycles. The molecule has 0 aromatic carbocycles. The van der Waals surface area contributed by atoms with Gasteiger partial charge in [-0.3, -0.25) is 0 Å². The number of allylic oxidation sites excluding steroid dienone is 4. The van der Waals surface area contributed by atoms with Gasteiger partial charge in [0.05, 0.1) is 0 Å². The first-order chi connectivity index (χ1) is 3.30. The van der Waals surface area contributed by atoms with Crippen LogP contribution < -0.4 is 0 Å².